The molecule has 0 saturated carbocycles. The number of nitrogen functional groups attached to an aromatic ring is 1. The van der Waals surface area contributed by atoms with Crippen LogP contribution in [0.25, 0.3) is 0 Å². The summed E-state index contributed by atoms with van der Waals surface area (Å²) in [7, 11) is 0. The molecule has 1 aromatic heterocycles. The second-order valence-corrected chi connectivity index (χ2v) is 4.34. The second-order valence-electron chi connectivity index (χ2n) is 4.34. The van der Waals surface area contributed by atoms with Crippen LogP contribution in [0.3, 0.4) is 0 Å². The molecule has 2 N–H and O–H groups in total. The van der Waals surface area contributed by atoms with Gasteiger partial charge in [0.05, 0.1) is 4.92 Å². The maximum absolute atomic E-state index is 11.0. The van der Waals surface area contributed by atoms with Crippen molar-refractivity contribution < 1.29 is 9.66 Å². The second kappa shape index (κ2) is 5.05. The lowest BCUT2D eigenvalue weighted by Crippen LogP contribution is -2.26. The summed E-state index contributed by atoms with van der Waals surface area (Å²) in [6.45, 7) is 3.96. The predicted octanol–water partition coefficient (Wildman–Crippen LogP) is 1.87. The van der Waals surface area contributed by atoms with Crippen LogP contribution < -0.4 is 10.5 Å². The Balaban J connectivity index is 2.30. The van der Waals surface area contributed by atoms with E-state index in [1.807, 2.05) is 32.1 Å². The lowest BCUT2D eigenvalue weighted by molar-refractivity contribution is -0.385. The molecule has 0 unspecified atom stereocenters. The smallest absolute Gasteiger partial charge is 0.372 e. The molecule has 0 fully saturated rings. The summed E-state index contributed by atoms with van der Waals surface area (Å²) in [5, 5.41) is 11.0. The Labute approximate surface area is 110 Å². The fourth-order valence-corrected chi connectivity index (χ4v) is 1.80. The van der Waals surface area contributed by atoms with E-state index in [-0.39, 0.29) is 23.7 Å². The number of hydrogen-bond acceptors (Lipinski definition) is 6. The van der Waals surface area contributed by atoms with E-state index in [9.17, 15) is 10.1 Å². The molecule has 0 aliphatic heterocycles. The Kier molecular flexibility index (Phi) is 3.46. The van der Waals surface area contributed by atoms with Crippen molar-refractivity contribution in [3.05, 3.63) is 40.2 Å². The molecular weight excluding hydrogens is 248 g/mol. The van der Waals surface area contributed by atoms with Crippen molar-refractivity contribution in [2.24, 2.45) is 5.92 Å². The van der Waals surface area contributed by atoms with Crippen LogP contribution in [0.4, 0.5) is 11.5 Å². The van der Waals surface area contributed by atoms with E-state index in [0.717, 1.165) is 11.9 Å². The van der Waals surface area contributed by atoms with Crippen molar-refractivity contribution >= 4 is 11.5 Å². The van der Waals surface area contributed by atoms with Crippen molar-refractivity contribution in [1.82, 2.24) is 9.97 Å². The van der Waals surface area contributed by atoms with Gasteiger partial charge in [-0.05, 0) is 13.0 Å². The number of nitrogens with zero attached hydrogens (tertiary/aromatic N) is 3. The van der Waals surface area contributed by atoms with E-state index in [2.05, 4.69) is 9.97 Å². The largest absolute Gasteiger partial charge is 0.464 e. The number of hydrogen-bond donors (Lipinski definition) is 1. The van der Waals surface area contributed by atoms with E-state index < -0.39 is 10.6 Å². The van der Waals surface area contributed by atoms with Gasteiger partial charge in [-0.1, -0.05) is 24.6 Å². The molecule has 7 nitrogen and oxygen atoms in total. The van der Waals surface area contributed by atoms with Crippen LogP contribution in [0.15, 0.2) is 30.1 Å². The highest BCUT2D eigenvalue weighted by Gasteiger charge is 2.27. The first-order chi connectivity index (χ1) is 9.00. The van der Waals surface area contributed by atoms with Crippen molar-refractivity contribution in [2.75, 3.05) is 5.73 Å². The normalized spacial score (nSPS) is 21.9. The zero-order valence-corrected chi connectivity index (χ0v) is 10.6. The minimum Gasteiger partial charge on any atom is -0.464 e. The molecule has 1 heterocycles. The summed E-state index contributed by atoms with van der Waals surface area (Å²) in [5.74, 6) is -0.191. The van der Waals surface area contributed by atoms with Gasteiger partial charge in [0.15, 0.2) is 0 Å². The van der Waals surface area contributed by atoms with Crippen LogP contribution in [0.2, 0.25) is 0 Å². The number of allylic oxidation sites excluding steroid dienone is 2. The molecule has 0 aromatic carbocycles. The minimum atomic E-state index is -0.634. The molecule has 0 spiro atoms. The summed E-state index contributed by atoms with van der Waals surface area (Å²) >= 11 is 0. The van der Waals surface area contributed by atoms with Crippen molar-refractivity contribution in [2.45, 2.75) is 20.0 Å². The summed E-state index contributed by atoms with van der Waals surface area (Å²) in [5.41, 5.74) is 6.23. The van der Waals surface area contributed by atoms with Crippen LogP contribution in [-0.2, 0) is 0 Å². The average Bonchev–Trinajstić information content (AvgIpc) is 2.34. The van der Waals surface area contributed by atoms with E-state index in [1.54, 1.807) is 0 Å². The third-order valence-electron chi connectivity index (χ3n) is 3.12. The third-order valence-corrected chi connectivity index (χ3v) is 3.12. The zero-order chi connectivity index (χ0) is 14.0. The lowest BCUT2D eigenvalue weighted by atomic mass is 9.92. The summed E-state index contributed by atoms with van der Waals surface area (Å²) in [6, 6.07) is 0. The van der Waals surface area contributed by atoms with Crippen LogP contribution in [0.5, 0.6) is 5.88 Å². The minimum absolute atomic E-state index is 0.103. The fourth-order valence-electron chi connectivity index (χ4n) is 1.80. The Bertz CT molecular complexity index is 568. The van der Waals surface area contributed by atoms with Gasteiger partial charge >= 0.3 is 5.69 Å². The van der Waals surface area contributed by atoms with Gasteiger partial charge in [-0.3, -0.25) is 10.1 Å². The van der Waals surface area contributed by atoms with E-state index in [0.29, 0.717) is 0 Å². The number of ether oxygens (including phenoxy) is 1. The topological polar surface area (TPSA) is 104 Å². The van der Waals surface area contributed by atoms with Gasteiger partial charge in [0.2, 0.25) is 5.82 Å². The molecular formula is C12H14N4O3. The van der Waals surface area contributed by atoms with Gasteiger partial charge in [0.1, 0.15) is 12.4 Å². The fraction of sp³-hybridized carbons (Fsp3) is 0.333. The molecule has 19 heavy (non-hydrogen) atoms. The molecule has 100 valence electrons. The molecule has 1 aliphatic carbocycles. The number of rotatable bonds is 3. The number of nitrogens with two attached hydrogens (primary N) is 1. The van der Waals surface area contributed by atoms with Crippen LogP contribution >= 0.6 is 0 Å². The van der Waals surface area contributed by atoms with Gasteiger partial charge in [0.25, 0.3) is 5.88 Å². The summed E-state index contributed by atoms with van der Waals surface area (Å²) in [4.78, 5) is 17.7. The molecule has 2 rings (SSSR count). The predicted molar refractivity (Wildman–Crippen MR) is 69.6 cm³/mol. The van der Waals surface area contributed by atoms with E-state index in [4.69, 9.17) is 10.5 Å². The molecule has 2 atom stereocenters. The SMILES string of the molecule is CC1=CC=C[C@@H](Oc2ncnc(N)c2[N+](=O)[O-])[C@@H]1C. The number of aromatic nitrogens is 2. The van der Waals surface area contributed by atoms with Gasteiger partial charge in [-0.15, -0.1) is 0 Å². The van der Waals surface area contributed by atoms with Crippen molar-refractivity contribution in [1.29, 1.82) is 0 Å². The van der Waals surface area contributed by atoms with Gasteiger partial charge < -0.3 is 10.5 Å². The molecule has 0 radical (unpaired) electrons. The number of anilines is 1. The summed E-state index contributed by atoms with van der Waals surface area (Å²) in [6.07, 6.45) is 6.51. The molecule has 7 heteroatoms. The molecule has 0 amide bonds. The average molecular weight is 262 g/mol. The first-order valence-electron chi connectivity index (χ1n) is 5.77. The third kappa shape index (κ3) is 2.54. The first-order valence-corrected chi connectivity index (χ1v) is 5.77. The maximum atomic E-state index is 11.0. The van der Waals surface area contributed by atoms with Crippen molar-refractivity contribution in [3.63, 3.8) is 0 Å². The van der Waals surface area contributed by atoms with E-state index in [1.165, 1.54) is 0 Å². The van der Waals surface area contributed by atoms with Crippen LogP contribution in [0.1, 0.15) is 13.8 Å². The highest BCUT2D eigenvalue weighted by atomic mass is 16.6. The first kappa shape index (κ1) is 13.0. The molecule has 0 saturated heterocycles. The maximum Gasteiger partial charge on any atom is 0.372 e. The Morgan fingerprint density at radius 1 is 1.47 bits per heavy atom. The summed E-state index contributed by atoms with van der Waals surface area (Å²) < 4.78 is 5.61. The standard InChI is InChI=1S/C12H14N4O3/c1-7-4-3-5-9(8(7)2)19-12-10(16(17)18)11(13)14-6-15-12/h3-6,8-9H,1-2H3,(H2,13,14,15)/t8-,9-/m1/s1. The lowest BCUT2D eigenvalue weighted by Gasteiger charge is -2.24. The monoisotopic (exact) mass is 262 g/mol. The van der Waals surface area contributed by atoms with Crippen LogP contribution in [-0.4, -0.2) is 21.0 Å². The Morgan fingerprint density at radius 3 is 2.89 bits per heavy atom. The van der Waals surface area contributed by atoms with Crippen molar-refractivity contribution in [3.8, 4) is 5.88 Å². The van der Waals surface area contributed by atoms with Gasteiger partial charge in [-0.25, -0.2) is 4.98 Å². The quantitative estimate of drug-likeness (QED) is 0.658. The molecule has 0 bridgehead atoms. The zero-order valence-electron chi connectivity index (χ0n) is 10.6. The van der Waals surface area contributed by atoms with Crippen LogP contribution in [0, 0.1) is 16.0 Å². The number of nitro groups is 1. The molecule has 1 aliphatic rings. The van der Waals surface area contributed by atoms with Gasteiger partial charge in [-0.2, -0.15) is 4.98 Å². The molecule has 1 aromatic rings. The highest BCUT2D eigenvalue weighted by Crippen LogP contribution is 2.32. The van der Waals surface area contributed by atoms with Gasteiger partial charge in [0, 0.05) is 5.92 Å². The Hall–Kier alpha value is -2.44. The Morgan fingerprint density at radius 2 is 2.21 bits per heavy atom. The highest BCUT2D eigenvalue weighted by molar-refractivity contribution is 5.58. The van der Waals surface area contributed by atoms with E-state index >= 15 is 0 Å².